The van der Waals surface area contributed by atoms with E-state index in [2.05, 4.69) is 6.92 Å². The van der Waals surface area contributed by atoms with Crippen LogP contribution in [0.25, 0.3) is 0 Å². The summed E-state index contributed by atoms with van der Waals surface area (Å²) in [6, 6.07) is 0. The zero-order valence-electron chi connectivity index (χ0n) is 13.3. The Hall–Kier alpha value is 0.400. The maximum atomic E-state index is 13.4. The van der Waals surface area contributed by atoms with E-state index in [9.17, 15) is 4.57 Å². The van der Waals surface area contributed by atoms with Crippen LogP contribution in [-0.2, 0) is 9.09 Å². The Bertz CT molecular complexity index is 277. The van der Waals surface area contributed by atoms with E-state index in [1.54, 1.807) is 0 Å². The van der Waals surface area contributed by atoms with Crippen LogP contribution in [0, 0.1) is 0 Å². The number of halogens is 1. The first-order valence-corrected chi connectivity index (χ1v) is 9.19. The molecule has 0 heterocycles. The lowest BCUT2D eigenvalue weighted by Gasteiger charge is -2.40. The fourth-order valence-electron chi connectivity index (χ4n) is 1.93. The van der Waals surface area contributed by atoms with Crippen molar-refractivity contribution >= 4 is 19.3 Å². The van der Waals surface area contributed by atoms with Crippen LogP contribution in [0.2, 0.25) is 0 Å². The Morgan fingerprint density at radius 2 is 1.53 bits per heavy atom. The van der Waals surface area contributed by atoms with Gasteiger partial charge in [0.05, 0.1) is 5.60 Å². The van der Waals surface area contributed by atoms with Gasteiger partial charge in [-0.3, -0.25) is 4.57 Å². The predicted octanol–water partition coefficient (Wildman–Crippen LogP) is 4.20. The van der Waals surface area contributed by atoms with Crippen molar-refractivity contribution in [3.8, 4) is 0 Å². The van der Waals surface area contributed by atoms with Gasteiger partial charge in [0.2, 0.25) is 0 Å². The molecule has 0 fully saturated rings. The highest BCUT2D eigenvalue weighted by molar-refractivity contribution is 7.54. The molecule has 0 amide bonds. The zero-order valence-corrected chi connectivity index (χ0v) is 14.9. The van der Waals surface area contributed by atoms with E-state index in [1.165, 1.54) is 0 Å². The third-order valence-corrected chi connectivity index (χ3v) is 6.01. The Kier molecular flexibility index (Phi) is 8.82. The van der Waals surface area contributed by atoms with Crippen LogP contribution in [-0.4, -0.2) is 47.0 Å². The van der Waals surface area contributed by atoms with E-state index in [-0.39, 0.29) is 0 Å². The molecule has 19 heavy (non-hydrogen) atoms. The predicted molar refractivity (Wildman–Crippen MR) is 83.9 cm³/mol. The summed E-state index contributed by atoms with van der Waals surface area (Å²) >= 11 is 5.84. The lowest BCUT2D eigenvalue weighted by atomic mass is 10.2. The number of hydrogen-bond donors (Lipinski definition) is 0. The van der Waals surface area contributed by atoms with Crippen molar-refractivity contribution in [2.24, 2.45) is 0 Å². The maximum Gasteiger partial charge on any atom is 0.346 e. The van der Waals surface area contributed by atoms with Crippen LogP contribution in [0.15, 0.2) is 0 Å². The molecule has 0 saturated carbocycles. The van der Waals surface area contributed by atoms with Gasteiger partial charge in [-0.1, -0.05) is 20.8 Å². The highest BCUT2D eigenvalue weighted by Gasteiger charge is 2.40. The summed E-state index contributed by atoms with van der Waals surface area (Å²) in [5, 5.41) is 0. The molecule has 0 aliphatic heterocycles. The summed E-state index contributed by atoms with van der Waals surface area (Å²) in [6.07, 6.45) is 0.948. The molecule has 0 spiro atoms. The fraction of sp³-hybridized carbons (Fsp3) is 1.00. The van der Waals surface area contributed by atoms with Crippen molar-refractivity contribution in [1.29, 1.82) is 0 Å². The minimum Gasteiger partial charge on any atom is -0.300 e. The van der Waals surface area contributed by atoms with E-state index < -0.39 is 13.3 Å². The minimum absolute atomic E-state index is 0.448. The zero-order chi connectivity index (χ0) is 15.1. The third-order valence-electron chi connectivity index (χ3n) is 2.66. The van der Waals surface area contributed by atoms with Gasteiger partial charge in [0, 0.05) is 32.1 Å². The van der Waals surface area contributed by atoms with Crippen molar-refractivity contribution in [1.82, 2.24) is 9.34 Å². The molecule has 0 aromatic rings. The Labute approximate surface area is 124 Å². The van der Waals surface area contributed by atoms with Gasteiger partial charge in [0.25, 0.3) is 0 Å². The highest BCUT2D eigenvalue weighted by atomic mass is 35.5. The SMILES string of the molecule is CCCN(CC)P(=O)(OC(C)(C)C)N(CC)CCCl. The third kappa shape index (κ3) is 6.14. The molecule has 116 valence electrons. The van der Waals surface area contributed by atoms with Gasteiger partial charge in [-0.2, -0.15) is 0 Å². The first-order chi connectivity index (χ1) is 8.75. The van der Waals surface area contributed by atoms with Crippen LogP contribution >= 0.6 is 19.3 Å². The van der Waals surface area contributed by atoms with Gasteiger partial charge in [-0.15, -0.1) is 11.6 Å². The second-order valence-corrected chi connectivity index (χ2v) is 8.15. The van der Waals surface area contributed by atoms with Gasteiger partial charge >= 0.3 is 7.67 Å². The number of nitrogens with zero attached hydrogens (tertiary/aromatic N) is 2. The normalized spacial score (nSPS) is 16.1. The summed E-state index contributed by atoms with van der Waals surface area (Å²) in [4.78, 5) is 0. The van der Waals surface area contributed by atoms with Crippen molar-refractivity contribution in [2.75, 3.05) is 32.1 Å². The molecule has 0 aliphatic rings. The van der Waals surface area contributed by atoms with Crippen LogP contribution < -0.4 is 0 Å². The molecule has 6 heteroatoms. The maximum absolute atomic E-state index is 13.4. The van der Waals surface area contributed by atoms with Gasteiger partial charge < -0.3 is 4.52 Å². The quantitative estimate of drug-likeness (QED) is 0.472. The lowest BCUT2D eigenvalue weighted by molar-refractivity contribution is 0.0941. The van der Waals surface area contributed by atoms with Crippen molar-refractivity contribution in [3.63, 3.8) is 0 Å². The molecular weight excluding hydrogens is 283 g/mol. The first-order valence-electron chi connectivity index (χ1n) is 7.12. The van der Waals surface area contributed by atoms with E-state index in [0.717, 1.165) is 13.0 Å². The van der Waals surface area contributed by atoms with Crippen LogP contribution in [0.5, 0.6) is 0 Å². The summed E-state index contributed by atoms with van der Waals surface area (Å²) < 4.78 is 23.3. The highest BCUT2D eigenvalue weighted by Crippen LogP contribution is 2.56. The van der Waals surface area contributed by atoms with E-state index >= 15 is 0 Å². The second-order valence-electron chi connectivity index (χ2n) is 5.48. The minimum atomic E-state index is -3.01. The molecule has 4 nitrogen and oxygen atoms in total. The van der Waals surface area contributed by atoms with Crippen LogP contribution in [0.4, 0.5) is 0 Å². The molecule has 1 atom stereocenters. The molecule has 0 N–H and O–H groups in total. The van der Waals surface area contributed by atoms with E-state index in [4.69, 9.17) is 16.1 Å². The largest absolute Gasteiger partial charge is 0.346 e. The molecule has 0 saturated heterocycles. The molecule has 1 unspecified atom stereocenters. The monoisotopic (exact) mass is 312 g/mol. The molecule has 0 rings (SSSR count). The van der Waals surface area contributed by atoms with Gasteiger partial charge in [-0.05, 0) is 27.2 Å². The average Bonchev–Trinajstić information content (AvgIpc) is 2.30. The van der Waals surface area contributed by atoms with E-state index in [0.29, 0.717) is 25.5 Å². The van der Waals surface area contributed by atoms with Crippen molar-refractivity contribution in [2.45, 2.75) is 53.6 Å². The summed E-state index contributed by atoms with van der Waals surface area (Å²) in [5.74, 6) is 0.453. The van der Waals surface area contributed by atoms with E-state index in [1.807, 2.05) is 44.0 Å². The standard InChI is InChI=1S/C13H30ClN2O2P/c1-7-11-15(8-2)19(17,18-13(4,5)6)16(9-3)12-10-14/h7-12H2,1-6H3. The lowest BCUT2D eigenvalue weighted by Crippen LogP contribution is -2.37. The Morgan fingerprint density at radius 3 is 1.84 bits per heavy atom. The molecular formula is C13H30ClN2O2P. The van der Waals surface area contributed by atoms with Gasteiger partial charge in [0.1, 0.15) is 0 Å². The average molecular weight is 313 g/mol. The van der Waals surface area contributed by atoms with Gasteiger partial charge in [0.15, 0.2) is 0 Å². The van der Waals surface area contributed by atoms with Crippen LogP contribution in [0.1, 0.15) is 48.0 Å². The Balaban J connectivity index is 5.36. The molecule has 0 bridgehead atoms. The molecule has 0 aromatic heterocycles. The smallest absolute Gasteiger partial charge is 0.300 e. The van der Waals surface area contributed by atoms with Crippen LogP contribution in [0.3, 0.4) is 0 Å². The van der Waals surface area contributed by atoms with Crippen molar-refractivity contribution in [3.05, 3.63) is 0 Å². The number of rotatable bonds is 9. The van der Waals surface area contributed by atoms with Crippen molar-refractivity contribution < 1.29 is 9.09 Å². The summed E-state index contributed by atoms with van der Waals surface area (Å²) in [5.41, 5.74) is -0.448. The summed E-state index contributed by atoms with van der Waals surface area (Å²) in [6.45, 7) is 14.6. The number of alkyl halides is 1. The topological polar surface area (TPSA) is 32.8 Å². The molecule has 0 radical (unpaired) electrons. The summed E-state index contributed by atoms with van der Waals surface area (Å²) in [7, 11) is -3.01. The second kappa shape index (κ2) is 8.63. The van der Waals surface area contributed by atoms with Gasteiger partial charge in [-0.25, -0.2) is 9.34 Å². The fourth-order valence-corrected chi connectivity index (χ4v) is 5.08. The molecule has 0 aliphatic carbocycles. The first kappa shape index (κ1) is 19.4. The Morgan fingerprint density at radius 1 is 1.05 bits per heavy atom. The number of hydrogen-bond acceptors (Lipinski definition) is 2. The molecule has 0 aromatic carbocycles.